The van der Waals surface area contributed by atoms with Crippen molar-refractivity contribution in [1.29, 1.82) is 0 Å². The number of hydrogen-bond donors (Lipinski definition) is 2. The van der Waals surface area contributed by atoms with Gasteiger partial charge in [0.2, 0.25) is 10.0 Å². The molecule has 0 spiro atoms. The summed E-state index contributed by atoms with van der Waals surface area (Å²) in [6, 6.07) is 7.48. The number of hydrogen-bond acceptors (Lipinski definition) is 4. The first-order valence-corrected chi connectivity index (χ1v) is 7.53. The molecule has 5 nitrogen and oxygen atoms in total. The lowest BCUT2D eigenvalue weighted by molar-refractivity contribution is 0.485. The van der Waals surface area contributed by atoms with Crippen LogP contribution in [0.5, 0.6) is 0 Å². The van der Waals surface area contributed by atoms with Crippen LogP contribution >= 0.6 is 0 Å². The van der Waals surface area contributed by atoms with Gasteiger partial charge in [-0.3, -0.25) is 0 Å². The van der Waals surface area contributed by atoms with Crippen molar-refractivity contribution in [3.63, 3.8) is 0 Å². The van der Waals surface area contributed by atoms with E-state index >= 15 is 0 Å². The third kappa shape index (κ3) is 2.82. The number of anilines is 1. The molecule has 0 bridgehead atoms. The third-order valence-corrected chi connectivity index (χ3v) is 4.58. The Morgan fingerprint density at radius 2 is 2.00 bits per heavy atom. The van der Waals surface area contributed by atoms with Gasteiger partial charge in [-0.25, -0.2) is 13.1 Å². The Labute approximate surface area is 108 Å². The Balaban J connectivity index is 2.17. The van der Waals surface area contributed by atoms with Crippen molar-refractivity contribution in [1.82, 2.24) is 10.0 Å². The van der Waals surface area contributed by atoms with E-state index in [-0.39, 0.29) is 0 Å². The number of sulfonamides is 1. The lowest BCUT2D eigenvalue weighted by atomic mass is 10.2. The van der Waals surface area contributed by atoms with Gasteiger partial charge in [0, 0.05) is 31.4 Å². The van der Waals surface area contributed by atoms with Crippen molar-refractivity contribution in [3.8, 4) is 0 Å². The Bertz CT molecular complexity index is 499. The maximum Gasteiger partial charge on any atom is 0.240 e. The second kappa shape index (κ2) is 5.26. The summed E-state index contributed by atoms with van der Waals surface area (Å²) >= 11 is 0. The fourth-order valence-electron chi connectivity index (χ4n) is 2.12. The van der Waals surface area contributed by atoms with Crippen LogP contribution in [0, 0.1) is 0 Å². The van der Waals surface area contributed by atoms with Gasteiger partial charge in [-0.15, -0.1) is 0 Å². The van der Waals surface area contributed by atoms with Crippen LogP contribution < -0.4 is 14.9 Å². The highest BCUT2D eigenvalue weighted by atomic mass is 32.2. The maximum atomic E-state index is 11.6. The van der Waals surface area contributed by atoms with Crippen LogP contribution in [0.25, 0.3) is 0 Å². The molecule has 1 aromatic carbocycles. The Morgan fingerprint density at radius 3 is 2.56 bits per heavy atom. The molecule has 0 aromatic heterocycles. The van der Waals surface area contributed by atoms with Gasteiger partial charge >= 0.3 is 0 Å². The summed E-state index contributed by atoms with van der Waals surface area (Å²) < 4.78 is 25.5. The minimum atomic E-state index is -3.34. The molecule has 0 unspecified atom stereocenters. The standard InChI is InChI=1S/C12H19N3O2S/c1-10-9-15(8-7-14-10)11-3-5-12(6-4-11)18(16,17)13-2/h3-6,10,13-14H,7-9H2,1-2H3/t10-/m1/s1. The Hall–Kier alpha value is -1.11. The highest BCUT2D eigenvalue weighted by Gasteiger charge is 2.17. The van der Waals surface area contributed by atoms with Gasteiger partial charge < -0.3 is 10.2 Å². The third-order valence-electron chi connectivity index (χ3n) is 3.15. The van der Waals surface area contributed by atoms with Gasteiger partial charge in [-0.1, -0.05) is 0 Å². The van der Waals surface area contributed by atoms with Crippen LogP contribution in [0.1, 0.15) is 6.92 Å². The molecule has 1 fully saturated rings. The molecule has 1 saturated heterocycles. The number of piperazine rings is 1. The first-order chi connectivity index (χ1) is 8.53. The number of nitrogens with one attached hydrogen (secondary N) is 2. The van der Waals surface area contributed by atoms with Gasteiger partial charge in [-0.2, -0.15) is 0 Å². The fourth-order valence-corrected chi connectivity index (χ4v) is 2.85. The fraction of sp³-hybridized carbons (Fsp3) is 0.500. The molecule has 1 atom stereocenters. The normalized spacial score (nSPS) is 21.0. The molecular weight excluding hydrogens is 250 g/mol. The van der Waals surface area contributed by atoms with Crippen LogP contribution in [0.3, 0.4) is 0 Å². The van der Waals surface area contributed by atoms with Crippen LogP contribution in [0.4, 0.5) is 5.69 Å². The molecule has 0 radical (unpaired) electrons. The quantitative estimate of drug-likeness (QED) is 0.833. The second-order valence-electron chi connectivity index (χ2n) is 4.50. The van der Waals surface area contributed by atoms with Crippen molar-refractivity contribution < 1.29 is 8.42 Å². The van der Waals surface area contributed by atoms with Crippen molar-refractivity contribution in [2.75, 3.05) is 31.6 Å². The maximum absolute atomic E-state index is 11.6. The summed E-state index contributed by atoms with van der Waals surface area (Å²) in [4.78, 5) is 2.56. The van der Waals surface area contributed by atoms with Crippen molar-refractivity contribution in [3.05, 3.63) is 24.3 Å². The van der Waals surface area contributed by atoms with Crippen LogP contribution in [-0.4, -0.2) is 41.1 Å². The van der Waals surface area contributed by atoms with E-state index in [0.717, 1.165) is 25.3 Å². The minimum Gasteiger partial charge on any atom is -0.369 e. The molecule has 1 aliphatic heterocycles. The van der Waals surface area contributed by atoms with E-state index in [4.69, 9.17) is 0 Å². The van der Waals surface area contributed by atoms with Gasteiger partial charge in [0.15, 0.2) is 0 Å². The topological polar surface area (TPSA) is 61.4 Å². The average molecular weight is 269 g/mol. The molecule has 0 amide bonds. The van der Waals surface area contributed by atoms with Crippen molar-refractivity contribution >= 4 is 15.7 Å². The molecule has 100 valence electrons. The van der Waals surface area contributed by atoms with Gasteiger partial charge in [-0.05, 0) is 38.2 Å². The molecule has 18 heavy (non-hydrogen) atoms. The molecular formula is C12H19N3O2S. The highest BCUT2D eigenvalue weighted by Crippen LogP contribution is 2.19. The molecule has 0 aliphatic carbocycles. The van der Waals surface area contributed by atoms with Crippen LogP contribution in [0.15, 0.2) is 29.2 Å². The van der Waals surface area contributed by atoms with Crippen LogP contribution in [-0.2, 0) is 10.0 Å². The summed E-state index contributed by atoms with van der Waals surface area (Å²) in [5.74, 6) is 0. The van der Waals surface area contributed by atoms with E-state index in [2.05, 4.69) is 21.9 Å². The van der Waals surface area contributed by atoms with Crippen molar-refractivity contribution in [2.45, 2.75) is 17.9 Å². The summed E-state index contributed by atoms with van der Waals surface area (Å²) in [5.41, 5.74) is 1.07. The lowest BCUT2D eigenvalue weighted by Gasteiger charge is -2.33. The first kappa shape index (κ1) is 13.3. The predicted octanol–water partition coefficient (Wildman–Crippen LogP) is 0.393. The minimum absolute atomic E-state index is 0.303. The molecule has 1 aliphatic rings. The number of nitrogens with zero attached hydrogens (tertiary/aromatic N) is 1. The highest BCUT2D eigenvalue weighted by molar-refractivity contribution is 7.89. The lowest BCUT2D eigenvalue weighted by Crippen LogP contribution is -2.49. The summed E-state index contributed by atoms with van der Waals surface area (Å²) in [7, 11) is -1.92. The Kier molecular flexibility index (Phi) is 3.89. The predicted molar refractivity (Wildman–Crippen MR) is 72.4 cm³/mol. The van der Waals surface area contributed by atoms with E-state index in [1.807, 2.05) is 12.1 Å². The molecule has 2 N–H and O–H groups in total. The van der Waals surface area contributed by atoms with E-state index in [1.165, 1.54) is 7.05 Å². The molecule has 6 heteroatoms. The number of benzene rings is 1. The van der Waals surface area contributed by atoms with Gasteiger partial charge in [0.25, 0.3) is 0 Å². The van der Waals surface area contributed by atoms with E-state index in [1.54, 1.807) is 12.1 Å². The van der Waals surface area contributed by atoms with E-state index in [9.17, 15) is 8.42 Å². The van der Waals surface area contributed by atoms with E-state index < -0.39 is 10.0 Å². The van der Waals surface area contributed by atoms with E-state index in [0.29, 0.717) is 10.9 Å². The Morgan fingerprint density at radius 1 is 1.33 bits per heavy atom. The van der Waals surface area contributed by atoms with Gasteiger partial charge in [0.05, 0.1) is 4.90 Å². The molecule has 1 heterocycles. The zero-order valence-electron chi connectivity index (χ0n) is 10.7. The molecule has 2 rings (SSSR count). The average Bonchev–Trinajstić information content (AvgIpc) is 2.39. The van der Waals surface area contributed by atoms with Gasteiger partial charge in [0.1, 0.15) is 0 Å². The summed E-state index contributed by atoms with van der Waals surface area (Å²) in [6.07, 6.45) is 0. The molecule has 1 aromatic rings. The SMILES string of the molecule is CNS(=O)(=O)c1ccc(N2CCN[C@H](C)C2)cc1. The zero-order valence-corrected chi connectivity index (χ0v) is 11.5. The summed E-state index contributed by atoms with van der Waals surface area (Å²) in [5, 5.41) is 3.38. The zero-order chi connectivity index (χ0) is 13.2. The largest absolute Gasteiger partial charge is 0.369 e. The first-order valence-electron chi connectivity index (χ1n) is 6.05. The van der Waals surface area contributed by atoms with Crippen molar-refractivity contribution in [2.24, 2.45) is 0 Å². The monoisotopic (exact) mass is 269 g/mol. The summed E-state index contributed by atoms with van der Waals surface area (Å²) in [6.45, 7) is 4.99. The van der Waals surface area contributed by atoms with Crippen LogP contribution in [0.2, 0.25) is 0 Å². The smallest absolute Gasteiger partial charge is 0.240 e. The number of rotatable bonds is 3. The molecule has 0 saturated carbocycles. The second-order valence-corrected chi connectivity index (χ2v) is 6.39.